The summed E-state index contributed by atoms with van der Waals surface area (Å²) in [6, 6.07) is 21.9. The minimum absolute atomic E-state index is 0.0203. The SMILES string of the molecule is CC/N=c1/cc2oc3cc(NCC)c(C)cc3c(-c3ccccc3C(=O)N(C)CCCC(=O)NCCNC(=O)c3cccc(OCC(N=[N+]=[N-])OCCOCC(=O)NCC#Cc4cn([C@H]5CC(O[C@H](C)OCC)[C@@H](COP(=O)(O)O)O5)c(=O)[nH]c4=O)c3)c-2cc1C. The number of rotatable bonds is 32. The number of hydrogen-bond donors (Lipinski definition) is 7. The highest BCUT2D eigenvalue weighted by Gasteiger charge is 2.40. The van der Waals surface area contributed by atoms with Gasteiger partial charge in [-0.2, -0.15) is 0 Å². The Morgan fingerprint density at radius 2 is 1.75 bits per heavy atom. The summed E-state index contributed by atoms with van der Waals surface area (Å²) in [7, 11) is -3.15. The maximum Gasteiger partial charge on any atom is 0.469 e. The smallest absolute Gasteiger partial charge is 0.469 e. The number of hydrogen-bond acceptors (Lipinski definition) is 18. The Balaban J connectivity index is 0.806. The Kier molecular flexibility index (Phi) is 26.0. The zero-order valence-corrected chi connectivity index (χ0v) is 52.5. The van der Waals surface area contributed by atoms with Gasteiger partial charge in [0.05, 0.1) is 37.8 Å². The van der Waals surface area contributed by atoms with Crippen molar-refractivity contribution in [1.29, 1.82) is 0 Å². The predicted octanol–water partition coefficient (Wildman–Crippen LogP) is 5.80. The van der Waals surface area contributed by atoms with Gasteiger partial charge >= 0.3 is 13.5 Å². The van der Waals surface area contributed by atoms with Crippen LogP contribution in [0.3, 0.4) is 0 Å². The average Bonchev–Trinajstić information content (AvgIpc) is 1.20. The normalized spacial score (nSPS) is 15.5. The summed E-state index contributed by atoms with van der Waals surface area (Å²) < 4.78 is 57.4. The molecule has 2 aliphatic heterocycles. The highest BCUT2D eigenvalue weighted by atomic mass is 31.2. The summed E-state index contributed by atoms with van der Waals surface area (Å²) in [6.45, 7) is 12.1. The standard InChI is InChI=1S/C62H76N11O17P/c1-8-64-48-31-50-46(28-38(48)4)58(47-29-39(5)49(65-9-2)32-51(47)89-50)44-19-11-12-20-45(44)61(78)72(7)25-15-21-54(74)67-23-24-68-59(76)41-16-13-18-43(30-41)86-37-56(70-71-63)85-27-26-83-36-55(75)66-22-14-17-42-34-73(62(79)69-60(42)77)57-33-52(88-40(6)84-10-3)53(90-57)35-87-91(80,81)82/h11-13,16,18-20,28-32,34,40,52-53,56-57,64H,8-10,15,21-27,33,35-37H2,1-7H3,(H,66,75)(H,67,74)(H,68,76)(H,69,77,79)(H2,80,81,82)/b65-49-/t40-,52?,53-,56?,57-/m1/s1. The minimum Gasteiger partial charge on any atom is -0.491 e. The quantitative estimate of drug-likeness (QED) is 0.00383. The topological polar surface area (TPSA) is 371 Å². The van der Waals surface area contributed by atoms with Crippen molar-refractivity contribution in [2.24, 2.45) is 10.1 Å². The average molecular weight is 1280 g/mol. The van der Waals surface area contributed by atoms with Crippen LogP contribution in [0.1, 0.15) is 90.6 Å². The van der Waals surface area contributed by atoms with Crippen molar-refractivity contribution in [2.45, 2.75) is 91.8 Å². The molecule has 5 atom stereocenters. The third-order valence-electron chi connectivity index (χ3n) is 14.2. The van der Waals surface area contributed by atoms with Gasteiger partial charge in [0.15, 0.2) is 12.5 Å². The first-order chi connectivity index (χ1) is 43.7. The van der Waals surface area contributed by atoms with Crippen LogP contribution in [0.15, 0.2) is 103 Å². The molecule has 29 heteroatoms. The van der Waals surface area contributed by atoms with Crippen molar-refractivity contribution in [3.05, 3.63) is 143 Å². The maximum atomic E-state index is 14.3. The van der Waals surface area contributed by atoms with Crippen molar-refractivity contribution in [2.75, 3.05) is 91.3 Å². The van der Waals surface area contributed by atoms with E-state index in [9.17, 15) is 43.1 Å². The van der Waals surface area contributed by atoms with Crippen LogP contribution in [-0.2, 0) is 42.4 Å². The number of H-pyrrole nitrogens is 1. The number of anilines is 1. The van der Waals surface area contributed by atoms with Crippen LogP contribution in [0.2, 0.25) is 0 Å². The molecule has 486 valence electrons. The lowest BCUT2D eigenvalue weighted by Gasteiger charge is -2.22. The third-order valence-corrected chi connectivity index (χ3v) is 14.6. The fourth-order valence-corrected chi connectivity index (χ4v) is 10.2. The maximum absolute atomic E-state index is 14.3. The third kappa shape index (κ3) is 20.1. The van der Waals surface area contributed by atoms with Gasteiger partial charge in [0.25, 0.3) is 17.4 Å². The number of amides is 4. The predicted molar refractivity (Wildman–Crippen MR) is 335 cm³/mol. The second-order valence-electron chi connectivity index (χ2n) is 20.8. The number of ether oxygens (including phenoxy) is 6. The first-order valence-corrected chi connectivity index (χ1v) is 31.1. The van der Waals surface area contributed by atoms with Crippen molar-refractivity contribution in [3.8, 4) is 40.0 Å². The number of carbonyl (C=O) groups is 4. The first-order valence-electron chi connectivity index (χ1n) is 29.6. The summed E-state index contributed by atoms with van der Waals surface area (Å²) in [5, 5.41) is 16.8. The molecule has 2 unspecified atom stereocenters. The molecule has 4 amide bonds. The van der Waals surface area contributed by atoms with Gasteiger partial charge in [0, 0.05) is 116 Å². The van der Waals surface area contributed by atoms with Crippen molar-refractivity contribution in [3.63, 3.8) is 0 Å². The molecule has 91 heavy (non-hydrogen) atoms. The van der Waals surface area contributed by atoms with Crippen molar-refractivity contribution < 1.29 is 70.9 Å². The molecular weight excluding hydrogens is 1200 g/mol. The number of aryl methyl sites for hydroxylation is 2. The van der Waals surface area contributed by atoms with E-state index in [2.05, 4.69) is 69.8 Å². The van der Waals surface area contributed by atoms with Crippen LogP contribution in [-0.4, -0.2) is 159 Å². The monoisotopic (exact) mass is 1280 g/mol. The molecule has 1 fully saturated rings. The summed E-state index contributed by atoms with van der Waals surface area (Å²) in [5.41, 5.74) is 14.2. The molecule has 1 aromatic heterocycles. The minimum atomic E-state index is -4.87. The van der Waals surface area contributed by atoms with E-state index in [0.29, 0.717) is 43.0 Å². The molecule has 3 aliphatic rings. The van der Waals surface area contributed by atoms with E-state index in [1.54, 1.807) is 44.0 Å². The van der Waals surface area contributed by atoms with Crippen LogP contribution in [0.25, 0.3) is 43.9 Å². The summed E-state index contributed by atoms with van der Waals surface area (Å²) in [4.78, 5) is 108. The van der Waals surface area contributed by atoms with Gasteiger partial charge in [-0.3, -0.25) is 43.0 Å². The van der Waals surface area contributed by atoms with Crippen molar-refractivity contribution in [1.82, 2.24) is 30.4 Å². The van der Waals surface area contributed by atoms with Gasteiger partial charge in [-0.15, -0.1) is 0 Å². The second kappa shape index (κ2) is 33.9. The number of nitrogens with one attached hydrogen (secondary N) is 5. The van der Waals surface area contributed by atoms with Gasteiger partial charge < -0.3 is 68.8 Å². The largest absolute Gasteiger partial charge is 0.491 e. The van der Waals surface area contributed by atoms with E-state index in [1.807, 2.05) is 64.1 Å². The van der Waals surface area contributed by atoms with Gasteiger partial charge in [-0.25, -0.2) is 9.36 Å². The van der Waals surface area contributed by atoms with Crippen molar-refractivity contribution >= 4 is 48.1 Å². The number of azide groups is 1. The summed E-state index contributed by atoms with van der Waals surface area (Å²) in [5.74, 6) is 4.69. The van der Waals surface area contributed by atoms with Gasteiger partial charge in [-0.05, 0) is 107 Å². The Morgan fingerprint density at radius 1 is 0.956 bits per heavy atom. The lowest BCUT2D eigenvalue weighted by atomic mass is 9.89. The molecule has 28 nitrogen and oxygen atoms in total. The van der Waals surface area contributed by atoms with Crippen LogP contribution in [0.4, 0.5) is 5.69 Å². The lowest BCUT2D eigenvalue weighted by molar-refractivity contribution is -0.172. The van der Waals surface area contributed by atoms with E-state index < -0.39 is 75.1 Å². The Labute approximate surface area is 524 Å². The van der Waals surface area contributed by atoms with Crippen LogP contribution >= 0.6 is 7.82 Å². The lowest BCUT2D eigenvalue weighted by Crippen LogP contribution is -2.35. The number of phosphoric ester groups is 1. The van der Waals surface area contributed by atoms with E-state index in [1.165, 1.54) is 6.07 Å². The Morgan fingerprint density at radius 3 is 2.51 bits per heavy atom. The summed E-state index contributed by atoms with van der Waals surface area (Å²) >= 11 is 0. The molecule has 7 rings (SSSR count). The molecule has 1 saturated heterocycles. The molecule has 0 spiro atoms. The number of phosphoric acid groups is 1. The molecule has 0 radical (unpaired) electrons. The Hall–Kier alpha value is -8.71. The molecule has 7 N–H and O–H groups in total. The molecule has 3 heterocycles. The highest BCUT2D eigenvalue weighted by Crippen LogP contribution is 2.43. The van der Waals surface area contributed by atoms with E-state index in [-0.39, 0.29) is 81.0 Å². The molecule has 1 aliphatic carbocycles. The van der Waals surface area contributed by atoms with E-state index in [0.717, 1.165) is 61.6 Å². The second-order valence-corrected chi connectivity index (χ2v) is 22.1. The van der Waals surface area contributed by atoms with Crippen LogP contribution < -0.4 is 42.6 Å². The molecule has 4 aromatic rings. The highest BCUT2D eigenvalue weighted by molar-refractivity contribution is 7.46. The number of carbonyl (C=O) groups excluding carboxylic acids is 4. The van der Waals surface area contributed by atoms with E-state index >= 15 is 0 Å². The number of nitrogens with zero attached hydrogens (tertiary/aromatic N) is 6. The van der Waals surface area contributed by atoms with Gasteiger partial charge in [-0.1, -0.05) is 41.2 Å². The van der Waals surface area contributed by atoms with Gasteiger partial charge in [0.1, 0.15) is 48.2 Å². The number of aromatic nitrogens is 2. The zero-order chi connectivity index (χ0) is 65.6. The fraction of sp³-hybridized carbons (Fsp3) is 0.435. The molecular formula is C62H76N11O17P. The molecule has 3 aromatic carbocycles. The molecule has 0 saturated carbocycles. The summed E-state index contributed by atoms with van der Waals surface area (Å²) in [6.07, 6.45) is -3.02. The zero-order valence-electron chi connectivity index (χ0n) is 51.6. The number of benzene rings is 4. The number of aromatic amines is 1. The molecule has 0 bridgehead atoms. The fourth-order valence-electron chi connectivity index (χ4n) is 9.89. The Bertz CT molecular complexity index is 3870. The van der Waals surface area contributed by atoms with E-state index in [4.69, 9.17) is 38.4 Å². The van der Waals surface area contributed by atoms with Gasteiger partial charge in [0.2, 0.25) is 11.8 Å². The number of fused-ring (bicyclic) bond motifs is 2. The first kappa shape index (κ1) is 69.8. The van der Waals surface area contributed by atoms with Crippen LogP contribution in [0, 0.1) is 25.7 Å². The van der Waals surface area contributed by atoms with Crippen LogP contribution in [0.5, 0.6) is 5.75 Å².